The minimum Gasteiger partial charge on any atom is -0.495 e. The number of amides is 2. The zero-order valence-electron chi connectivity index (χ0n) is 24.6. The monoisotopic (exact) mass is 579 g/mol. The molecule has 3 aromatic rings. The van der Waals surface area contributed by atoms with Gasteiger partial charge in [-0.25, -0.2) is 8.42 Å². The molecule has 8 nitrogen and oxygen atoms in total. The summed E-state index contributed by atoms with van der Waals surface area (Å²) in [5, 5.41) is 2.95. The van der Waals surface area contributed by atoms with Crippen LogP contribution in [0.2, 0.25) is 0 Å². The highest BCUT2D eigenvalue weighted by Crippen LogP contribution is 2.32. The lowest BCUT2D eigenvalue weighted by Gasteiger charge is -2.33. The summed E-state index contributed by atoms with van der Waals surface area (Å²) in [5.74, 6) is -0.439. The molecule has 3 rings (SSSR count). The second-order valence-corrected chi connectivity index (χ2v) is 11.9. The van der Waals surface area contributed by atoms with Gasteiger partial charge in [0.25, 0.3) is 10.0 Å². The molecule has 0 radical (unpaired) electrons. The van der Waals surface area contributed by atoms with Gasteiger partial charge in [0.15, 0.2) is 0 Å². The molecule has 41 heavy (non-hydrogen) atoms. The van der Waals surface area contributed by atoms with Crippen molar-refractivity contribution in [3.63, 3.8) is 0 Å². The van der Waals surface area contributed by atoms with E-state index in [0.717, 1.165) is 33.8 Å². The molecule has 0 saturated heterocycles. The van der Waals surface area contributed by atoms with Crippen molar-refractivity contribution in [3.8, 4) is 5.75 Å². The Hall–Kier alpha value is -3.85. The first-order valence-electron chi connectivity index (χ1n) is 14.0. The molecule has 0 unspecified atom stereocenters. The van der Waals surface area contributed by atoms with E-state index in [1.807, 2.05) is 52.0 Å². The van der Waals surface area contributed by atoms with Crippen LogP contribution in [-0.4, -0.2) is 51.4 Å². The van der Waals surface area contributed by atoms with Crippen molar-refractivity contribution < 1.29 is 22.7 Å². The first kappa shape index (κ1) is 31.7. The number of sulfonamides is 1. The average Bonchev–Trinajstić information content (AvgIpc) is 2.97. The van der Waals surface area contributed by atoms with E-state index in [-0.39, 0.29) is 23.0 Å². The number of hydrogen-bond acceptors (Lipinski definition) is 5. The third kappa shape index (κ3) is 7.88. The fraction of sp³-hybridized carbons (Fsp3) is 0.375. The molecule has 9 heteroatoms. The maximum atomic E-state index is 14.2. The lowest BCUT2D eigenvalue weighted by atomic mass is 10.1. The molecule has 0 aromatic heterocycles. The quantitative estimate of drug-likeness (QED) is 0.264. The van der Waals surface area contributed by atoms with Gasteiger partial charge in [0.1, 0.15) is 18.3 Å². The lowest BCUT2D eigenvalue weighted by Crippen LogP contribution is -2.52. The Morgan fingerprint density at radius 1 is 0.927 bits per heavy atom. The number of carbonyl (C=O) groups is 2. The van der Waals surface area contributed by atoms with Crippen molar-refractivity contribution in [2.45, 2.75) is 64.4 Å². The number of ether oxygens (including phenoxy) is 1. The van der Waals surface area contributed by atoms with Gasteiger partial charge in [-0.05, 0) is 62.1 Å². The fourth-order valence-corrected chi connectivity index (χ4v) is 6.01. The van der Waals surface area contributed by atoms with E-state index in [9.17, 15) is 18.0 Å². The molecule has 2 amide bonds. The molecule has 0 spiro atoms. The summed E-state index contributed by atoms with van der Waals surface area (Å²) in [6.07, 6.45) is 2.12. The van der Waals surface area contributed by atoms with E-state index in [4.69, 9.17) is 4.74 Å². The highest BCUT2D eigenvalue weighted by molar-refractivity contribution is 7.92. The van der Waals surface area contributed by atoms with Gasteiger partial charge in [-0.15, -0.1) is 0 Å². The smallest absolute Gasteiger partial charge is 0.264 e. The number of para-hydroxylation sites is 2. The van der Waals surface area contributed by atoms with Crippen LogP contribution >= 0.6 is 0 Å². The number of nitrogens with one attached hydrogen (secondary N) is 1. The molecule has 0 saturated carbocycles. The van der Waals surface area contributed by atoms with Gasteiger partial charge in [0, 0.05) is 13.1 Å². The molecule has 0 aliphatic rings. The van der Waals surface area contributed by atoms with E-state index < -0.39 is 28.5 Å². The SMILES string of the molecule is CCCCNC(=O)[C@@H](CC)N(Cc1ccccc1C)C(=O)CN(c1ccccc1OC)S(=O)(=O)c1ccc(C)cc1. The fourth-order valence-electron chi connectivity index (χ4n) is 4.58. The molecule has 0 aliphatic carbocycles. The first-order valence-corrected chi connectivity index (χ1v) is 15.4. The summed E-state index contributed by atoms with van der Waals surface area (Å²) in [4.78, 5) is 29.1. The maximum absolute atomic E-state index is 14.2. The van der Waals surface area contributed by atoms with E-state index in [1.54, 1.807) is 36.4 Å². The van der Waals surface area contributed by atoms with Crippen LogP contribution in [0.5, 0.6) is 5.75 Å². The Kier molecular flexibility index (Phi) is 11.3. The summed E-state index contributed by atoms with van der Waals surface area (Å²) < 4.78 is 34.7. The van der Waals surface area contributed by atoms with Gasteiger partial charge in [0.05, 0.1) is 17.7 Å². The highest BCUT2D eigenvalue weighted by atomic mass is 32.2. The van der Waals surface area contributed by atoms with Gasteiger partial charge in [-0.2, -0.15) is 0 Å². The van der Waals surface area contributed by atoms with E-state index in [2.05, 4.69) is 5.32 Å². The third-order valence-corrected chi connectivity index (χ3v) is 8.83. The third-order valence-electron chi connectivity index (χ3n) is 7.06. The van der Waals surface area contributed by atoms with E-state index in [1.165, 1.54) is 24.1 Å². The van der Waals surface area contributed by atoms with Crippen LogP contribution in [0.15, 0.2) is 77.7 Å². The minimum atomic E-state index is -4.18. The zero-order valence-corrected chi connectivity index (χ0v) is 25.4. The zero-order chi connectivity index (χ0) is 30.0. The van der Waals surface area contributed by atoms with Crippen molar-refractivity contribution in [1.82, 2.24) is 10.2 Å². The predicted octanol–water partition coefficient (Wildman–Crippen LogP) is 5.23. The van der Waals surface area contributed by atoms with Crippen LogP contribution in [0.25, 0.3) is 0 Å². The van der Waals surface area contributed by atoms with Gasteiger partial charge >= 0.3 is 0 Å². The van der Waals surface area contributed by atoms with Crippen LogP contribution in [-0.2, 0) is 26.2 Å². The molecule has 0 aliphatic heterocycles. The molecule has 0 heterocycles. The summed E-state index contributed by atoms with van der Waals surface area (Å²) in [6.45, 7) is 7.87. The number of nitrogens with zero attached hydrogens (tertiary/aromatic N) is 2. The lowest BCUT2D eigenvalue weighted by molar-refractivity contribution is -0.140. The van der Waals surface area contributed by atoms with Gasteiger partial charge in [0.2, 0.25) is 11.8 Å². The Morgan fingerprint density at radius 3 is 2.22 bits per heavy atom. The standard InChI is InChI=1S/C32H41N3O5S/c1-6-8-21-33-32(37)28(7-2)34(22-26-14-10-9-13-25(26)4)31(36)23-35(29-15-11-12-16-30(29)40-5)41(38,39)27-19-17-24(3)18-20-27/h9-20,28H,6-8,21-23H2,1-5H3,(H,33,37)/t28-/m1/s1. The largest absolute Gasteiger partial charge is 0.495 e. The predicted molar refractivity (Wildman–Crippen MR) is 162 cm³/mol. The van der Waals surface area contributed by atoms with Crippen molar-refractivity contribution >= 4 is 27.5 Å². The number of anilines is 1. The van der Waals surface area contributed by atoms with Crippen LogP contribution < -0.4 is 14.4 Å². The number of rotatable bonds is 14. The van der Waals surface area contributed by atoms with Crippen LogP contribution in [0.1, 0.15) is 49.8 Å². The number of benzene rings is 3. The second-order valence-electron chi connectivity index (χ2n) is 10.0. The number of methoxy groups -OCH3 is 1. The normalized spacial score (nSPS) is 11.9. The number of unbranched alkanes of at least 4 members (excludes halogenated alkanes) is 1. The van der Waals surface area contributed by atoms with Crippen molar-refractivity contribution in [1.29, 1.82) is 0 Å². The summed E-state index contributed by atoms with van der Waals surface area (Å²) >= 11 is 0. The summed E-state index contributed by atoms with van der Waals surface area (Å²) in [6, 6.07) is 20.1. The van der Waals surface area contributed by atoms with Crippen molar-refractivity contribution in [2.24, 2.45) is 0 Å². The summed E-state index contributed by atoms with van der Waals surface area (Å²) in [5.41, 5.74) is 3.00. The Morgan fingerprint density at radius 2 is 1.59 bits per heavy atom. The Balaban J connectivity index is 2.08. The molecular weight excluding hydrogens is 538 g/mol. The Bertz CT molecular complexity index is 1420. The summed E-state index contributed by atoms with van der Waals surface area (Å²) in [7, 11) is -2.72. The topological polar surface area (TPSA) is 96.0 Å². The minimum absolute atomic E-state index is 0.0524. The first-order chi connectivity index (χ1) is 19.6. The van der Waals surface area contributed by atoms with E-state index >= 15 is 0 Å². The van der Waals surface area contributed by atoms with Crippen molar-refractivity contribution in [2.75, 3.05) is 24.5 Å². The van der Waals surface area contributed by atoms with Gasteiger partial charge < -0.3 is 15.0 Å². The second kappa shape index (κ2) is 14.7. The maximum Gasteiger partial charge on any atom is 0.264 e. The highest BCUT2D eigenvalue weighted by Gasteiger charge is 2.34. The molecular formula is C32H41N3O5S. The average molecular weight is 580 g/mol. The van der Waals surface area contributed by atoms with Crippen LogP contribution in [0, 0.1) is 13.8 Å². The van der Waals surface area contributed by atoms with Gasteiger partial charge in [-0.3, -0.25) is 13.9 Å². The Labute approximate surface area is 244 Å². The molecule has 3 aromatic carbocycles. The number of aryl methyl sites for hydroxylation is 2. The van der Waals surface area contributed by atoms with Crippen molar-refractivity contribution in [3.05, 3.63) is 89.5 Å². The molecule has 0 bridgehead atoms. The van der Waals surface area contributed by atoms with Crippen LogP contribution in [0.4, 0.5) is 5.69 Å². The molecule has 220 valence electrons. The number of hydrogen-bond donors (Lipinski definition) is 1. The number of carbonyl (C=O) groups excluding carboxylic acids is 2. The molecule has 1 N–H and O–H groups in total. The van der Waals surface area contributed by atoms with E-state index in [0.29, 0.717) is 18.7 Å². The molecule has 1 atom stereocenters. The van der Waals surface area contributed by atoms with Gasteiger partial charge in [-0.1, -0.05) is 74.4 Å². The van der Waals surface area contributed by atoms with Crippen LogP contribution in [0.3, 0.4) is 0 Å². The molecule has 0 fully saturated rings.